The molecule has 7 heteroatoms. The highest BCUT2D eigenvalue weighted by Crippen LogP contribution is 2.21. The number of piperazine rings is 1. The van der Waals surface area contributed by atoms with E-state index in [1.165, 1.54) is 10.5 Å². The Balaban J connectivity index is 0.00000176. The normalized spacial score (nSPS) is 16.6. The number of pyridine rings is 1. The molecule has 120 valence electrons. The van der Waals surface area contributed by atoms with Crippen molar-refractivity contribution in [2.24, 2.45) is 0 Å². The summed E-state index contributed by atoms with van der Waals surface area (Å²) in [6.07, 6.45) is 1.72. The van der Waals surface area contributed by atoms with Gasteiger partial charge in [-0.05, 0) is 20.0 Å². The minimum absolute atomic E-state index is 0. The van der Waals surface area contributed by atoms with Crippen molar-refractivity contribution < 1.29 is 22.5 Å². The van der Waals surface area contributed by atoms with E-state index in [1.54, 1.807) is 6.20 Å². The van der Waals surface area contributed by atoms with E-state index in [-0.39, 0.29) is 23.7 Å². The lowest BCUT2D eigenvalue weighted by molar-refractivity contribution is -0.361. The third-order valence-electron chi connectivity index (χ3n) is 4.08. The first-order chi connectivity index (χ1) is 10.0. The number of halogens is 1. The van der Waals surface area contributed by atoms with Crippen molar-refractivity contribution in [2.45, 2.75) is 13.5 Å². The number of aromatic amines is 1. The molecule has 0 saturated carbocycles. The van der Waals surface area contributed by atoms with Gasteiger partial charge in [-0.15, -0.1) is 0 Å². The fourth-order valence-electron chi connectivity index (χ4n) is 2.74. The van der Waals surface area contributed by atoms with Gasteiger partial charge in [-0.25, -0.2) is 9.78 Å². The molecule has 1 saturated heterocycles. The maximum absolute atomic E-state index is 11.9. The fraction of sp³-hybridized carbons (Fsp3) is 0.467. The van der Waals surface area contributed by atoms with Crippen LogP contribution in [0, 0.1) is 6.92 Å². The third-order valence-corrected chi connectivity index (χ3v) is 4.08. The molecule has 0 unspecified atom stereocenters. The third kappa shape index (κ3) is 3.24. The van der Waals surface area contributed by atoms with Gasteiger partial charge in [-0.3, -0.25) is 4.90 Å². The Morgan fingerprint density at radius 3 is 2.64 bits per heavy atom. The number of hydrogen-bond donors (Lipinski definition) is 1. The molecule has 22 heavy (non-hydrogen) atoms. The fourth-order valence-corrected chi connectivity index (χ4v) is 2.74. The van der Waals surface area contributed by atoms with Crippen LogP contribution in [0.25, 0.3) is 5.65 Å². The smallest absolute Gasteiger partial charge is 0.342 e. The van der Waals surface area contributed by atoms with Gasteiger partial charge >= 0.3 is 11.2 Å². The van der Waals surface area contributed by atoms with Crippen LogP contribution in [-0.2, 0) is 6.54 Å². The first kappa shape index (κ1) is 16.7. The Kier molecular flexibility index (Phi) is 5.05. The summed E-state index contributed by atoms with van der Waals surface area (Å²) >= 11 is 0. The van der Waals surface area contributed by atoms with Crippen LogP contribution < -0.4 is 23.0 Å². The minimum atomic E-state index is -0.136. The van der Waals surface area contributed by atoms with E-state index >= 15 is 0 Å². The second-order valence-electron chi connectivity index (χ2n) is 5.78. The number of aromatic nitrogens is 2. The first-order valence-corrected chi connectivity index (χ1v) is 7.21. The molecule has 3 heterocycles. The number of hydrogen-bond acceptors (Lipinski definition) is 4. The van der Waals surface area contributed by atoms with E-state index in [2.05, 4.69) is 21.8 Å². The summed E-state index contributed by atoms with van der Waals surface area (Å²) in [6, 6.07) is 3.35. The molecule has 0 atom stereocenters. The van der Waals surface area contributed by atoms with Gasteiger partial charge in [0.15, 0.2) is 0 Å². The Morgan fingerprint density at radius 2 is 1.95 bits per heavy atom. The highest BCUT2D eigenvalue weighted by Gasteiger charge is 2.19. The molecule has 2 aromatic rings. The Labute approximate surface area is 135 Å². The van der Waals surface area contributed by atoms with Gasteiger partial charge in [0.1, 0.15) is 11.9 Å². The average Bonchev–Trinajstić information content (AvgIpc) is 2.45. The molecular formula is C15H21ClN4O2. The van der Waals surface area contributed by atoms with Gasteiger partial charge in [0.2, 0.25) is 5.75 Å². The first-order valence-electron chi connectivity index (χ1n) is 7.21. The van der Waals surface area contributed by atoms with Crippen molar-refractivity contribution in [2.75, 3.05) is 33.2 Å². The lowest BCUT2D eigenvalue weighted by Crippen LogP contribution is -3.00. The zero-order chi connectivity index (χ0) is 15.0. The maximum Gasteiger partial charge on any atom is 0.342 e. The molecule has 1 fully saturated rings. The molecule has 1 aliphatic heterocycles. The summed E-state index contributed by atoms with van der Waals surface area (Å²) < 4.78 is 1.44. The van der Waals surface area contributed by atoms with Crippen LogP contribution in [0.2, 0.25) is 0 Å². The summed E-state index contributed by atoms with van der Waals surface area (Å²) in [6.45, 7) is 6.58. The van der Waals surface area contributed by atoms with Gasteiger partial charge in [-0.2, -0.15) is 4.40 Å². The monoisotopic (exact) mass is 324 g/mol. The van der Waals surface area contributed by atoms with Gasteiger partial charge in [0, 0.05) is 38.3 Å². The zero-order valence-corrected chi connectivity index (χ0v) is 13.6. The lowest BCUT2D eigenvalue weighted by Gasteiger charge is -2.32. The van der Waals surface area contributed by atoms with Crippen LogP contribution in [-0.4, -0.2) is 52.5 Å². The van der Waals surface area contributed by atoms with Gasteiger partial charge < -0.3 is 22.4 Å². The predicted molar refractivity (Wildman–Crippen MR) is 79.4 cm³/mol. The number of rotatable bonds is 2. The molecule has 1 aliphatic rings. The summed E-state index contributed by atoms with van der Waals surface area (Å²) in [5.74, 6) is 0.164. The van der Waals surface area contributed by atoms with Gasteiger partial charge in [-0.1, -0.05) is 0 Å². The summed E-state index contributed by atoms with van der Waals surface area (Å²) in [4.78, 5) is 19.6. The topological polar surface area (TPSA) is 62.3 Å². The number of aromatic hydroxyl groups is 1. The van der Waals surface area contributed by atoms with Crippen molar-refractivity contribution in [1.82, 2.24) is 14.2 Å². The molecule has 0 bridgehead atoms. The summed E-state index contributed by atoms with van der Waals surface area (Å²) in [7, 11) is 2.12. The van der Waals surface area contributed by atoms with Crippen molar-refractivity contribution in [3.63, 3.8) is 0 Å². The van der Waals surface area contributed by atoms with Crippen LogP contribution in [0.1, 0.15) is 11.3 Å². The van der Waals surface area contributed by atoms with E-state index in [4.69, 9.17) is 0 Å². The number of nitrogens with zero attached hydrogens (tertiary/aromatic N) is 3. The molecule has 3 rings (SSSR count). The highest BCUT2D eigenvalue weighted by atomic mass is 35.5. The second-order valence-corrected chi connectivity index (χ2v) is 5.78. The molecule has 0 aromatic carbocycles. The molecule has 0 amide bonds. The molecule has 6 nitrogen and oxygen atoms in total. The van der Waals surface area contributed by atoms with Crippen LogP contribution in [0.15, 0.2) is 23.1 Å². The number of aryl methyl sites for hydroxylation is 1. The van der Waals surface area contributed by atoms with Crippen LogP contribution >= 0.6 is 0 Å². The molecule has 2 N–H and O–H groups in total. The standard InChI is InChI=1S/C15H20N4O2.ClH/c1-11-9-13(20)19-4-3-12(14(21)15(19)16-11)10-18-7-5-17(2)6-8-18;/h3-4,9,21H,5-8,10H2,1-2H3;1H. The number of nitrogens with one attached hydrogen (secondary N) is 1. The summed E-state index contributed by atoms with van der Waals surface area (Å²) in [5, 5.41) is 10.5. The molecule has 2 aromatic heterocycles. The van der Waals surface area contributed by atoms with Crippen LogP contribution in [0.4, 0.5) is 0 Å². The van der Waals surface area contributed by atoms with E-state index < -0.39 is 0 Å². The van der Waals surface area contributed by atoms with E-state index in [1.807, 2.05) is 13.0 Å². The Bertz CT molecular complexity index is 723. The minimum Gasteiger partial charge on any atom is -1.00 e. The second kappa shape index (κ2) is 6.64. The molecule has 0 spiro atoms. The zero-order valence-electron chi connectivity index (χ0n) is 12.8. The average molecular weight is 325 g/mol. The van der Waals surface area contributed by atoms with Crippen LogP contribution in [0.3, 0.4) is 0 Å². The van der Waals surface area contributed by atoms with Crippen LogP contribution in [0.5, 0.6) is 5.75 Å². The van der Waals surface area contributed by atoms with Crippen molar-refractivity contribution in [3.8, 4) is 5.75 Å². The Morgan fingerprint density at radius 1 is 1.27 bits per heavy atom. The van der Waals surface area contributed by atoms with Gasteiger partial charge in [0.25, 0.3) is 0 Å². The van der Waals surface area contributed by atoms with Crippen molar-refractivity contribution in [3.05, 3.63) is 39.9 Å². The largest absolute Gasteiger partial charge is 1.00 e. The summed E-state index contributed by atoms with van der Waals surface area (Å²) in [5.41, 5.74) is 1.92. The molecular weight excluding hydrogens is 304 g/mol. The molecule has 0 radical (unpaired) electrons. The number of H-pyrrole nitrogens is 1. The van der Waals surface area contributed by atoms with E-state index in [9.17, 15) is 9.90 Å². The van der Waals surface area contributed by atoms with E-state index in [0.717, 1.165) is 37.4 Å². The number of likely N-dealkylation sites (N-methyl/N-ethyl adjacent to an activating group) is 1. The highest BCUT2D eigenvalue weighted by molar-refractivity contribution is 5.52. The molecule has 0 aliphatic carbocycles. The quantitative estimate of drug-likeness (QED) is 0.635. The van der Waals surface area contributed by atoms with Crippen molar-refractivity contribution >= 4 is 5.65 Å². The number of fused-ring (bicyclic) bond motifs is 1. The lowest BCUT2D eigenvalue weighted by atomic mass is 10.2. The van der Waals surface area contributed by atoms with Crippen molar-refractivity contribution in [1.29, 1.82) is 0 Å². The Hall–Kier alpha value is -1.63. The predicted octanol–water partition coefficient (Wildman–Crippen LogP) is -3.12. The SMILES string of the molecule is Cc1cc(=O)n2ccc(CN3CCN(C)CC3)c(O)c2[nH+]1.[Cl-]. The maximum atomic E-state index is 11.9. The van der Waals surface area contributed by atoms with E-state index in [0.29, 0.717) is 12.2 Å². The van der Waals surface area contributed by atoms with Gasteiger partial charge in [0.05, 0.1) is 6.07 Å².